The van der Waals surface area contributed by atoms with Crippen molar-refractivity contribution in [2.45, 2.75) is 6.61 Å². The lowest BCUT2D eigenvalue weighted by molar-refractivity contribution is 0.0944. The van der Waals surface area contributed by atoms with Gasteiger partial charge in [0, 0.05) is 24.3 Å². The zero-order chi connectivity index (χ0) is 15.1. The molecule has 0 atom stereocenters. The first-order chi connectivity index (χ1) is 10.2. The Kier molecular flexibility index (Phi) is 10.3. The second-order valence-electron chi connectivity index (χ2n) is 4.31. The van der Waals surface area contributed by atoms with Crippen molar-refractivity contribution in [2.24, 2.45) is 5.73 Å². The van der Waals surface area contributed by atoms with E-state index in [0.29, 0.717) is 30.5 Å². The Morgan fingerprint density at radius 1 is 1.22 bits per heavy atom. The number of pyridine rings is 1. The Morgan fingerprint density at radius 3 is 2.57 bits per heavy atom. The fraction of sp³-hybridized carbons (Fsp3) is 0.200. The van der Waals surface area contributed by atoms with Gasteiger partial charge in [-0.1, -0.05) is 23.7 Å². The quantitative estimate of drug-likeness (QED) is 0.810. The average Bonchev–Trinajstić information content (AvgIpc) is 2.52. The number of carbonyl (C=O) groups excluding carboxylic acids is 1. The van der Waals surface area contributed by atoms with Crippen LogP contribution in [-0.4, -0.2) is 24.0 Å². The maximum atomic E-state index is 12.0. The first kappa shape index (κ1) is 21.5. The highest BCUT2D eigenvalue weighted by atomic mass is 35.5. The summed E-state index contributed by atoms with van der Waals surface area (Å²) in [7, 11) is 0. The van der Waals surface area contributed by atoms with Crippen molar-refractivity contribution in [3.05, 3.63) is 58.9 Å². The molecule has 0 fully saturated rings. The van der Waals surface area contributed by atoms with Gasteiger partial charge in [-0.2, -0.15) is 0 Å². The Hall–Kier alpha value is -1.53. The zero-order valence-corrected chi connectivity index (χ0v) is 14.6. The molecule has 0 aliphatic heterocycles. The topological polar surface area (TPSA) is 77.2 Å². The van der Waals surface area contributed by atoms with Crippen LogP contribution in [0.4, 0.5) is 0 Å². The molecule has 1 aromatic carbocycles. The minimum Gasteiger partial charge on any atom is -0.486 e. The Labute approximate surface area is 152 Å². The van der Waals surface area contributed by atoms with Gasteiger partial charge < -0.3 is 15.8 Å². The molecule has 3 N–H and O–H groups in total. The molecule has 5 nitrogen and oxygen atoms in total. The predicted molar refractivity (Wildman–Crippen MR) is 95.9 cm³/mol. The summed E-state index contributed by atoms with van der Waals surface area (Å²) in [5.74, 6) is 0.133. The van der Waals surface area contributed by atoms with Crippen molar-refractivity contribution in [3.8, 4) is 5.75 Å². The fourth-order valence-corrected chi connectivity index (χ4v) is 1.81. The molecule has 23 heavy (non-hydrogen) atoms. The highest BCUT2D eigenvalue weighted by molar-refractivity contribution is 6.30. The molecule has 126 valence electrons. The molecule has 0 spiro atoms. The number of rotatable bonds is 6. The van der Waals surface area contributed by atoms with E-state index in [4.69, 9.17) is 22.1 Å². The van der Waals surface area contributed by atoms with Crippen LogP contribution >= 0.6 is 36.4 Å². The van der Waals surface area contributed by atoms with Crippen LogP contribution in [0.15, 0.2) is 42.6 Å². The molecule has 8 heteroatoms. The van der Waals surface area contributed by atoms with Gasteiger partial charge in [0.1, 0.15) is 6.61 Å². The molecular formula is C15H18Cl3N3O2. The van der Waals surface area contributed by atoms with Crippen LogP contribution in [0.1, 0.15) is 16.1 Å². The standard InChI is InChI=1S/C15H16ClN3O2.2ClH/c16-12-5-3-11(4-6-12)10-21-13-2-1-8-18-14(13)15(20)19-9-7-17;;/h1-6,8H,7,9-10,17H2,(H,19,20);2*1H. The number of benzene rings is 1. The number of nitrogens with one attached hydrogen (secondary N) is 1. The van der Waals surface area contributed by atoms with Crippen LogP contribution in [0.5, 0.6) is 5.75 Å². The molecule has 2 aromatic rings. The molecule has 2 rings (SSSR count). The summed E-state index contributed by atoms with van der Waals surface area (Å²) in [5, 5.41) is 3.34. The van der Waals surface area contributed by atoms with E-state index in [1.54, 1.807) is 30.5 Å². The van der Waals surface area contributed by atoms with Gasteiger partial charge in [0.05, 0.1) is 0 Å². The molecule has 0 aliphatic carbocycles. The van der Waals surface area contributed by atoms with Crippen molar-refractivity contribution in [1.29, 1.82) is 0 Å². The lowest BCUT2D eigenvalue weighted by Crippen LogP contribution is -2.30. The van der Waals surface area contributed by atoms with Crippen LogP contribution < -0.4 is 15.8 Å². The molecule has 0 radical (unpaired) electrons. The number of hydrogen-bond acceptors (Lipinski definition) is 4. The van der Waals surface area contributed by atoms with Crippen molar-refractivity contribution < 1.29 is 9.53 Å². The number of ether oxygens (including phenoxy) is 1. The largest absolute Gasteiger partial charge is 0.486 e. The Morgan fingerprint density at radius 2 is 1.91 bits per heavy atom. The van der Waals surface area contributed by atoms with E-state index in [9.17, 15) is 4.79 Å². The number of aromatic nitrogens is 1. The number of halogens is 3. The summed E-state index contributed by atoms with van der Waals surface area (Å²) in [5.41, 5.74) is 6.57. The van der Waals surface area contributed by atoms with E-state index in [2.05, 4.69) is 10.3 Å². The molecule has 1 aromatic heterocycles. The van der Waals surface area contributed by atoms with Crippen LogP contribution in [0, 0.1) is 0 Å². The minimum absolute atomic E-state index is 0. The number of nitrogens with zero attached hydrogens (tertiary/aromatic N) is 1. The first-order valence-electron chi connectivity index (χ1n) is 6.51. The van der Waals surface area contributed by atoms with E-state index >= 15 is 0 Å². The summed E-state index contributed by atoms with van der Waals surface area (Å²) in [6.07, 6.45) is 1.55. The van der Waals surface area contributed by atoms with Gasteiger partial charge >= 0.3 is 0 Å². The van der Waals surface area contributed by atoms with Crippen molar-refractivity contribution in [2.75, 3.05) is 13.1 Å². The SMILES string of the molecule is Cl.Cl.NCCNC(=O)c1ncccc1OCc1ccc(Cl)cc1. The van der Waals surface area contributed by atoms with Crippen molar-refractivity contribution in [3.63, 3.8) is 0 Å². The summed E-state index contributed by atoms with van der Waals surface area (Å²) in [6, 6.07) is 10.7. The highest BCUT2D eigenvalue weighted by Crippen LogP contribution is 2.18. The number of carbonyl (C=O) groups is 1. The van der Waals surface area contributed by atoms with Crippen LogP contribution in [-0.2, 0) is 6.61 Å². The molecule has 1 amide bonds. The Balaban J connectivity index is 0.00000242. The molecule has 0 unspecified atom stereocenters. The summed E-state index contributed by atoms with van der Waals surface area (Å²) < 4.78 is 5.67. The van der Waals surface area contributed by atoms with E-state index < -0.39 is 0 Å². The average molecular weight is 379 g/mol. The second kappa shape index (κ2) is 11.1. The third kappa shape index (κ3) is 6.62. The molecule has 0 aliphatic rings. The third-order valence-corrected chi connectivity index (χ3v) is 2.98. The van der Waals surface area contributed by atoms with Crippen molar-refractivity contribution in [1.82, 2.24) is 10.3 Å². The van der Waals surface area contributed by atoms with E-state index in [0.717, 1.165) is 5.56 Å². The van der Waals surface area contributed by atoms with E-state index in [1.807, 2.05) is 12.1 Å². The third-order valence-electron chi connectivity index (χ3n) is 2.72. The Bertz CT molecular complexity index is 609. The number of amides is 1. The lowest BCUT2D eigenvalue weighted by Gasteiger charge is -2.10. The molecular weight excluding hydrogens is 361 g/mol. The summed E-state index contributed by atoms with van der Waals surface area (Å²) in [4.78, 5) is 16.0. The maximum Gasteiger partial charge on any atom is 0.273 e. The maximum absolute atomic E-state index is 12.0. The summed E-state index contributed by atoms with van der Waals surface area (Å²) >= 11 is 5.83. The molecule has 0 bridgehead atoms. The molecule has 0 saturated carbocycles. The van der Waals surface area contributed by atoms with Gasteiger partial charge in [0.2, 0.25) is 0 Å². The van der Waals surface area contributed by atoms with E-state index in [-0.39, 0.29) is 36.4 Å². The number of nitrogens with two attached hydrogens (primary N) is 1. The second-order valence-corrected chi connectivity index (χ2v) is 4.75. The minimum atomic E-state index is -0.299. The van der Waals surface area contributed by atoms with Crippen molar-refractivity contribution >= 4 is 42.3 Å². The van der Waals surface area contributed by atoms with Gasteiger partial charge in [-0.15, -0.1) is 24.8 Å². The normalized spacial score (nSPS) is 9.30. The van der Waals surface area contributed by atoms with Crippen LogP contribution in [0.25, 0.3) is 0 Å². The highest BCUT2D eigenvalue weighted by Gasteiger charge is 2.13. The predicted octanol–water partition coefficient (Wildman–Crippen LogP) is 2.85. The monoisotopic (exact) mass is 377 g/mol. The molecule has 0 saturated heterocycles. The van der Waals surface area contributed by atoms with Crippen LogP contribution in [0.3, 0.4) is 0 Å². The molecule has 1 heterocycles. The lowest BCUT2D eigenvalue weighted by atomic mass is 10.2. The summed E-state index contributed by atoms with van der Waals surface area (Å²) in [6.45, 7) is 1.10. The fourth-order valence-electron chi connectivity index (χ4n) is 1.69. The van der Waals surface area contributed by atoms with E-state index in [1.165, 1.54) is 0 Å². The first-order valence-corrected chi connectivity index (χ1v) is 6.89. The van der Waals surface area contributed by atoms with Gasteiger partial charge in [-0.3, -0.25) is 4.79 Å². The zero-order valence-electron chi connectivity index (χ0n) is 12.2. The van der Waals surface area contributed by atoms with Gasteiger partial charge in [0.25, 0.3) is 5.91 Å². The van der Waals surface area contributed by atoms with Gasteiger partial charge in [-0.25, -0.2) is 4.98 Å². The number of hydrogen-bond donors (Lipinski definition) is 2. The van der Waals surface area contributed by atoms with Gasteiger partial charge in [0.15, 0.2) is 11.4 Å². The van der Waals surface area contributed by atoms with Gasteiger partial charge in [-0.05, 0) is 29.8 Å². The van der Waals surface area contributed by atoms with Crippen LogP contribution in [0.2, 0.25) is 5.02 Å². The smallest absolute Gasteiger partial charge is 0.273 e.